The second-order valence-corrected chi connectivity index (χ2v) is 30.9. The van der Waals surface area contributed by atoms with E-state index in [1.807, 2.05) is 32.0 Å². The fraction of sp³-hybridized carbons (Fsp3) is 0.671. The maximum absolute atomic E-state index is 14.8. The molecule has 0 aliphatic carbocycles. The molecule has 31 heteroatoms. The molecule has 2 aromatic rings. The average molecular weight is 1530 g/mol. The number of Topliss-reactive ketones (excluding diaryl/α,β-unsaturated/α-hetero) is 1. The van der Waals surface area contributed by atoms with Crippen LogP contribution in [0.5, 0.6) is 0 Å². The molecule has 104 heavy (non-hydrogen) atoms. The Balaban J connectivity index is 1.30. The molecule has 27 nitrogen and oxygen atoms in total. The predicted octanol–water partition coefficient (Wildman–Crippen LogP) is 5.73. The van der Waals surface area contributed by atoms with E-state index >= 15 is 0 Å². The summed E-state index contributed by atoms with van der Waals surface area (Å²) in [6.07, 6.45) is -0.226. The number of aliphatic hydroxyl groups is 1. The summed E-state index contributed by atoms with van der Waals surface area (Å²) in [5.74, 6) is -6.14. The summed E-state index contributed by atoms with van der Waals surface area (Å²) < 4.78 is 20.7. The molecule has 2 heterocycles. The SMILES string of the molecule is CC[C@@H](C)[C@@H]([C@@H](CC(=O)N1CCC[C@H]1[C@H](OC)[C@@H](C)C(=O)N[C@@H](C)[C@H](O)c1ccccc1)OC)N(C)C(=O)[C@@H](NC(=O)[C@H](C(C)C)N(C)C(=O)OCc1ccc(NC(=O)[C@@H](C)NC(=O)[C@H](NC(=O)CCCCCN2C(=O)C(SN[C@@H](CS)C(C)=O)C(SC(=O)[C@H](CS)NC)C2=O)C(C)C)cc1)C(C)C. The largest absolute Gasteiger partial charge is 0.445 e. The van der Waals surface area contributed by atoms with Crippen molar-refractivity contribution in [2.45, 2.75) is 224 Å². The minimum absolute atomic E-state index is 0.0261. The van der Waals surface area contributed by atoms with Crippen molar-refractivity contribution in [2.24, 2.45) is 29.6 Å². The monoisotopic (exact) mass is 1530 g/mol. The van der Waals surface area contributed by atoms with Crippen molar-refractivity contribution >= 4 is 125 Å². The molecule has 4 rings (SSSR count). The van der Waals surface area contributed by atoms with Gasteiger partial charge in [0.15, 0.2) is 0 Å². The molecule has 2 unspecified atom stereocenters. The number of ketones is 1. The van der Waals surface area contributed by atoms with Crippen LogP contribution >= 0.6 is 49.0 Å². The summed E-state index contributed by atoms with van der Waals surface area (Å²) in [5, 5.41) is 25.5. The van der Waals surface area contributed by atoms with Gasteiger partial charge in [0.05, 0.1) is 60.9 Å². The van der Waals surface area contributed by atoms with E-state index in [9.17, 15) is 62.6 Å². The van der Waals surface area contributed by atoms with Crippen molar-refractivity contribution in [1.29, 1.82) is 0 Å². The number of unbranched alkanes of at least 4 members (excludes halogenated alkanes) is 2. The molecule has 0 bridgehead atoms. The lowest BCUT2D eigenvalue weighted by Gasteiger charge is -2.41. The van der Waals surface area contributed by atoms with E-state index in [0.717, 1.165) is 28.6 Å². The van der Waals surface area contributed by atoms with Crippen LogP contribution < -0.4 is 36.6 Å². The molecule has 8 N–H and O–H groups in total. The van der Waals surface area contributed by atoms with E-state index < -0.39 is 148 Å². The number of imide groups is 1. The minimum atomic E-state index is -1.08. The predicted molar refractivity (Wildman–Crippen MR) is 409 cm³/mol. The number of hydrogen-bond donors (Lipinski definition) is 10. The maximum Gasteiger partial charge on any atom is 0.410 e. The Labute approximate surface area is 633 Å². The molecule has 0 aromatic heterocycles. The summed E-state index contributed by atoms with van der Waals surface area (Å²) in [5.41, 5.74) is 1.58. The highest BCUT2D eigenvalue weighted by Crippen LogP contribution is 2.35. The van der Waals surface area contributed by atoms with Crippen molar-refractivity contribution in [1.82, 2.24) is 50.9 Å². The number of carbonyl (C=O) groups is 12. The van der Waals surface area contributed by atoms with E-state index in [-0.39, 0.29) is 72.0 Å². The summed E-state index contributed by atoms with van der Waals surface area (Å²) >= 11 is 10.1. The number of aliphatic hydroxyl groups excluding tert-OH is 1. The average Bonchev–Trinajstić information content (AvgIpc) is 1.68. The molecule has 0 saturated carbocycles. The van der Waals surface area contributed by atoms with Gasteiger partial charge < -0.3 is 61.0 Å². The number of thioether (sulfide) groups is 1. The first-order valence-electron chi connectivity index (χ1n) is 35.9. The Bertz CT molecular complexity index is 3190. The van der Waals surface area contributed by atoms with Crippen LogP contribution in [0.2, 0.25) is 0 Å². The highest BCUT2D eigenvalue weighted by molar-refractivity contribution is 8.15. The molecule has 10 amide bonds. The van der Waals surface area contributed by atoms with Gasteiger partial charge in [-0.15, -0.1) is 0 Å². The zero-order chi connectivity index (χ0) is 78.0. The molecule has 2 aliphatic heterocycles. The number of carbonyl (C=O) groups excluding carboxylic acids is 12. The molecule has 582 valence electrons. The van der Waals surface area contributed by atoms with Crippen LogP contribution in [0.15, 0.2) is 54.6 Å². The fourth-order valence-electron chi connectivity index (χ4n) is 12.8. The van der Waals surface area contributed by atoms with Crippen molar-refractivity contribution in [3.63, 3.8) is 0 Å². The van der Waals surface area contributed by atoms with Crippen LogP contribution in [0.1, 0.15) is 152 Å². The second kappa shape index (κ2) is 44.1. The number of rotatable bonds is 43. The summed E-state index contributed by atoms with van der Waals surface area (Å²) in [4.78, 5) is 169. The third-order valence-corrected chi connectivity index (χ3v) is 22.6. The molecule has 0 radical (unpaired) electrons. The summed E-state index contributed by atoms with van der Waals surface area (Å²) in [7, 11) is 7.68. The second-order valence-electron chi connectivity index (χ2n) is 28.1. The molecular weight excluding hydrogens is 1420 g/mol. The Morgan fingerprint density at radius 2 is 1.34 bits per heavy atom. The van der Waals surface area contributed by atoms with Gasteiger partial charge in [-0.05, 0) is 100 Å². The number of amides is 10. The minimum Gasteiger partial charge on any atom is -0.445 e. The van der Waals surface area contributed by atoms with Crippen LogP contribution in [0.4, 0.5) is 10.5 Å². The van der Waals surface area contributed by atoms with Gasteiger partial charge in [-0.25, -0.2) is 4.79 Å². The number of likely N-dealkylation sites (tertiary alicyclic amines) is 2. The van der Waals surface area contributed by atoms with E-state index in [0.29, 0.717) is 61.9 Å². The van der Waals surface area contributed by atoms with E-state index in [2.05, 4.69) is 61.9 Å². The van der Waals surface area contributed by atoms with E-state index in [1.165, 1.54) is 40.0 Å². The number of ether oxygens (including phenoxy) is 3. The number of thiol groups is 2. The highest BCUT2D eigenvalue weighted by atomic mass is 32.2. The third-order valence-electron chi connectivity index (χ3n) is 19.3. The van der Waals surface area contributed by atoms with Crippen LogP contribution in [0.3, 0.4) is 0 Å². The number of nitrogens with one attached hydrogen (secondary N) is 7. The van der Waals surface area contributed by atoms with Gasteiger partial charge in [0.1, 0.15) is 47.1 Å². The normalized spacial score (nSPS) is 19.1. The van der Waals surface area contributed by atoms with Crippen LogP contribution in [0.25, 0.3) is 0 Å². The molecule has 16 atom stereocenters. The van der Waals surface area contributed by atoms with Gasteiger partial charge in [-0.1, -0.05) is 141 Å². The van der Waals surface area contributed by atoms with E-state index in [4.69, 9.17) is 14.2 Å². The molecule has 0 spiro atoms. The van der Waals surface area contributed by atoms with Crippen molar-refractivity contribution < 1.29 is 76.9 Å². The van der Waals surface area contributed by atoms with Gasteiger partial charge in [0, 0.05) is 65.0 Å². The lowest BCUT2D eigenvalue weighted by molar-refractivity contribution is -0.148. The topological polar surface area (TPSA) is 350 Å². The number of anilines is 1. The van der Waals surface area contributed by atoms with Gasteiger partial charge >= 0.3 is 6.09 Å². The van der Waals surface area contributed by atoms with Gasteiger partial charge in [-0.3, -0.25) is 67.3 Å². The Kier molecular flexibility index (Phi) is 38.2. The van der Waals surface area contributed by atoms with Crippen molar-refractivity contribution in [3.05, 3.63) is 65.7 Å². The fourth-order valence-corrected chi connectivity index (χ4v) is 16.2. The first-order valence-corrected chi connectivity index (χ1v) is 38.9. The summed E-state index contributed by atoms with van der Waals surface area (Å²) in [6, 6.07) is 8.30. The first-order chi connectivity index (χ1) is 49.1. The zero-order valence-corrected chi connectivity index (χ0v) is 66.9. The van der Waals surface area contributed by atoms with Gasteiger partial charge in [-0.2, -0.15) is 25.3 Å². The highest BCUT2D eigenvalue weighted by Gasteiger charge is 2.50. The lowest BCUT2D eigenvalue weighted by Crippen LogP contribution is -2.60. The number of hydrogen-bond acceptors (Lipinski definition) is 22. The van der Waals surface area contributed by atoms with Crippen molar-refractivity contribution in [3.8, 4) is 0 Å². The Hall–Kier alpha value is -6.32. The number of nitrogens with zero attached hydrogens (tertiary/aromatic N) is 4. The smallest absolute Gasteiger partial charge is 0.410 e. The van der Waals surface area contributed by atoms with Crippen LogP contribution in [-0.4, -0.2) is 232 Å². The van der Waals surface area contributed by atoms with Crippen LogP contribution in [0, 0.1) is 29.6 Å². The zero-order valence-electron chi connectivity index (χ0n) is 63.4. The third kappa shape index (κ3) is 25.4. The maximum atomic E-state index is 14.8. The molecule has 2 fully saturated rings. The standard InChI is InChI=1S/C73H115N11O16S4/c1-18-43(8)60(54(98-16)36-56(87)83-35-25-28-53(83)62(99-17)44(9)65(89)75-45(10)61(88)49-26-21-19-22-27-49)81(14)69(93)58(41(4)5)79-68(92)59(42(6)7)82(15)73(97)100-37-48-30-32-50(33-31-48)77-66(90)46(11)76-67(91)57(40(2)3)78-55(86)29-23-20-24-34-84-70(94)63(103-72(96)52(39-102)74-13)64(71(84)95)104-80-51(38-101)47(12)85/h19,21-22,26-27,30-33,40-46,51-54,57-64,74,80,88,101-102H,18,20,23-25,28-29,34-39H2,1-17H3,(H,75,89)(H,76,91)(H,77,90)(H,78,86)(H,79,92)/t43-,44-,45+,46-,51+,52+,53+,54-,57-,58+,59+,60+,61+,62-,63?,64?/m1/s1. The van der Waals surface area contributed by atoms with Gasteiger partial charge in [0.2, 0.25) is 58.3 Å². The van der Waals surface area contributed by atoms with E-state index in [1.54, 1.807) is 116 Å². The van der Waals surface area contributed by atoms with Crippen molar-refractivity contribution in [2.75, 3.05) is 65.3 Å². The quantitative estimate of drug-likeness (QED) is 0.0164. The molecule has 2 aromatic carbocycles. The lowest BCUT2D eigenvalue weighted by atomic mass is 9.89. The van der Waals surface area contributed by atoms with Crippen LogP contribution in [-0.2, 0) is 73.6 Å². The summed E-state index contributed by atoms with van der Waals surface area (Å²) in [6.45, 7) is 21.2. The first kappa shape index (κ1) is 90.1. The molecular formula is C73H115N11O16S4. The molecule has 2 saturated heterocycles. The number of benzene rings is 2. The van der Waals surface area contributed by atoms with Gasteiger partial charge in [0.25, 0.3) is 0 Å². The Morgan fingerprint density at radius 3 is 1.89 bits per heavy atom. The Morgan fingerprint density at radius 1 is 0.712 bits per heavy atom. The number of methoxy groups -OCH3 is 2. The molecule has 2 aliphatic rings. The number of likely N-dealkylation sites (N-methyl/N-ethyl adjacent to an activating group) is 3.